The molecule has 0 radical (unpaired) electrons. The molecule has 0 fully saturated rings. The number of nitrogens with one attached hydrogen (secondary N) is 1. The van der Waals surface area contributed by atoms with Crippen molar-refractivity contribution < 1.29 is 18.0 Å². The third-order valence-corrected chi connectivity index (χ3v) is 5.14. The van der Waals surface area contributed by atoms with Gasteiger partial charge in [0, 0.05) is 18.3 Å². The topological polar surface area (TPSA) is 59.8 Å². The minimum Gasteiger partial charge on any atom is -0.325 e. The third-order valence-electron chi connectivity index (χ3n) is 4.01. The fraction of sp³-hybridized carbons (Fsp3) is 0.211. The lowest BCUT2D eigenvalue weighted by atomic mass is 10.0. The molecule has 0 aliphatic heterocycles. The molecule has 1 heterocycles. The number of nitrogens with zero attached hydrogens (tertiary/aromatic N) is 3. The van der Waals surface area contributed by atoms with Crippen molar-refractivity contribution in [1.29, 1.82) is 0 Å². The molecule has 2 aromatic carbocycles. The molecule has 0 spiro atoms. The summed E-state index contributed by atoms with van der Waals surface area (Å²) in [5, 5.41) is 8.92. The van der Waals surface area contributed by atoms with Crippen molar-refractivity contribution in [3.63, 3.8) is 0 Å². The van der Waals surface area contributed by atoms with Gasteiger partial charge in [0.2, 0.25) is 11.7 Å². The number of aromatic nitrogens is 3. The molecule has 3 aromatic rings. The summed E-state index contributed by atoms with van der Waals surface area (Å²) in [6, 6.07) is 16.9. The summed E-state index contributed by atoms with van der Waals surface area (Å²) in [6.45, 7) is 1.60. The first kappa shape index (κ1) is 19.9. The monoisotopic (exact) mass is 406 g/mol. The number of halogens is 3. The van der Waals surface area contributed by atoms with Crippen molar-refractivity contribution in [2.75, 3.05) is 5.32 Å². The highest BCUT2D eigenvalue weighted by Crippen LogP contribution is 2.32. The van der Waals surface area contributed by atoms with Crippen molar-refractivity contribution in [3.05, 3.63) is 60.4 Å². The Bertz CT molecular complexity index is 973. The predicted molar refractivity (Wildman–Crippen MR) is 102 cm³/mol. The first-order valence-corrected chi connectivity index (χ1v) is 9.24. The van der Waals surface area contributed by atoms with Crippen molar-refractivity contribution in [2.45, 2.75) is 23.5 Å². The number of carbonyl (C=O) groups is 1. The molecule has 0 aliphatic rings. The molecule has 5 nitrogen and oxygen atoms in total. The molecule has 3 rings (SSSR count). The number of thioether (sulfide) groups is 1. The summed E-state index contributed by atoms with van der Waals surface area (Å²) in [5.41, 5.74) is 2.42. The first-order chi connectivity index (χ1) is 13.3. The van der Waals surface area contributed by atoms with E-state index < -0.39 is 17.3 Å². The highest BCUT2D eigenvalue weighted by molar-refractivity contribution is 8.00. The second-order valence-electron chi connectivity index (χ2n) is 6.02. The zero-order valence-corrected chi connectivity index (χ0v) is 15.9. The SMILES string of the molecule is C[C@H](Sc1nnc(C(F)(F)F)n1C)C(=O)Nc1ccccc1-c1ccccc1. The quantitative estimate of drug-likeness (QED) is 0.628. The van der Waals surface area contributed by atoms with Crippen LogP contribution >= 0.6 is 11.8 Å². The van der Waals surface area contributed by atoms with Crippen molar-refractivity contribution in [3.8, 4) is 11.1 Å². The molecular formula is C19H17F3N4OS. The molecule has 1 atom stereocenters. The smallest absolute Gasteiger partial charge is 0.325 e. The average Bonchev–Trinajstić information content (AvgIpc) is 3.03. The van der Waals surface area contributed by atoms with E-state index in [0.29, 0.717) is 5.69 Å². The molecule has 0 saturated carbocycles. The van der Waals surface area contributed by atoms with E-state index in [-0.39, 0.29) is 11.1 Å². The molecule has 146 valence electrons. The summed E-state index contributed by atoms with van der Waals surface area (Å²) >= 11 is 0.913. The van der Waals surface area contributed by atoms with E-state index in [1.54, 1.807) is 19.1 Å². The van der Waals surface area contributed by atoms with E-state index >= 15 is 0 Å². The maximum atomic E-state index is 12.8. The van der Waals surface area contributed by atoms with Gasteiger partial charge in [-0.05, 0) is 18.6 Å². The van der Waals surface area contributed by atoms with Crippen LogP contribution in [0.3, 0.4) is 0 Å². The number of alkyl halides is 3. The maximum absolute atomic E-state index is 12.8. The zero-order chi connectivity index (χ0) is 20.3. The van der Waals surface area contributed by atoms with Crippen LogP contribution in [-0.4, -0.2) is 25.9 Å². The number of hydrogen-bond acceptors (Lipinski definition) is 4. The van der Waals surface area contributed by atoms with Gasteiger partial charge in [-0.2, -0.15) is 13.2 Å². The van der Waals surface area contributed by atoms with Gasteiger partial charge in [0.25, 0.3) is 0 Å². The van der Waals surface area contributed by atoms with Crippen LogP contribution in [0, 0.1) is 0 Å². The highest BCUT2D eigenvalue weighted by Gasteiger charge is 2.37. The molecule has 28 heavy (non-hydrogen) atoms. The average molecular weight is 406 g/mol. The Labute approximate surface area is 164 Å². The van der Waals surface area contributed by atoms with Gasteiger partial charge in [-0.3, -0.25) is 4.79 Å². The summed E-state index contributed by atoms with van der Waals surface area (Å²) in [7, 11) is 1.22. The molecule has 0 saturated heterocycles. The van der Waals surface area contributed by atoms with Gasteiger partial charge in [-0.25, -0.2) is 0 Å². The standard InChI is InChI=1S/C19H17F3N4OS/c1-12(28-18-25-24-17(26(18)2)19(20,21)22)16(27)23-15-11-7-6-10-14(15)13-8-4-3-5-9-13/h3-12H,1-2H3,(H,23,27)/t12-/m0/s1. The first-order valence-electron chi connectivity index (χ1n) is 8.36. The van der Waals surface area contributed by atoms with Gasteiger partial charge in [0.05, 0.1) is 5.25 Å². The van der Waals surface area contributed by atoms with Gasteiger partial charge in [0.1, 0.15) is 0 Å². The molecule has 0 aliphatic carbocycles. The number of carbonyl (C=O) groups excluding carboxylic acids is 1. The number of hydrogen-bond donors (Lipinski definition) is 1. The Hall–Kier alpha value is -2.81. The van der Waals surface area contributed by atoms with Crippen molar-refractivity contribution in [2.24, 2.45) is 7.05 Å². The molecule has 0 bridgehead atoms. The van der Waals surface area contributed by atoms with Crippen LogP contribution in [0.2, 0.25) is 0 Å². The molecule has 0 unspecified atom stereocenters. The Morgan fingerprint density at radius 1 is 1.07 bits per heavy atom. The van der Waals surface area contributed by atoms with Crippen LogP contribution in [0.15, 0.2) is 59.8 Å². The van der Waals surface area contributed by atoms with E-state index in [9.17, 15) is 18.0 Å². The number of benzene rings is 2. The van der Waals surface area contributed by atoms with Crippen molar-refractivity contribution in [1.82, 2.24) is 14.8 Å². The van der Waals surface area contributed by atoms with Crippen LogP contribution in [-0.2, 0) is 18.0 Å². The largest absolute Gasteiger partial charge is 0.451 e. The number of anilines is 1. The van der Waals surface area contributed by atoms with E-state index in [1.165, 1.54) is 7.05 Å². The lowest BCUT2D eigenvalue weighted by Gasteiger charge is -2.15. The van der Waals surface area contributed by atoms with Crippen LogP contribution in [0.5, 0.6) is 0 Å². The van der Waals surface area contributed by atoms with E-state index in [1.807, 2.05) is 42.5 Å². The minimum absolute atomic E-state index is 0.0197. The Kier molecular flexibility index (Phi) is 5.73. The van der Waals surface area contributed by atoms with E-state index in [0.717, 1.165) is 27.5 Å². The summed E-state index contributed by atoms with van der Waals surface area (Å²) in [4.78, 5) is 12.6. The number of para-hydroxylation sites is 1. The van der Waals surface area contributed by atoms with Crippen LogP contribution in [0.4, 0.5) is 18.9 Å². The van der Waals surface area contributed by atoms with E-state index in [4.69, 9.17) is 0 Å². The van der Waals surface area contributed by atoms with Gasteiger partial charge in [0.15, 0.2) is 5.16 Å². The highest BCUT2D eigenvalue weighted by atomic mass is 32.2. The summed E-state index contributed by atoms with van der Waals surface area (Å²) in [6.07, 6.45) is -4.60. The van der Waals surface area contributed by atoms with Gasteiger partial charge in [-0.1, -0.05) is 60.3 Å². The second kappa shape index (κ2) is 8.05. The van der Waals surface area contributed by atoms with Gasteiger partial charge < -0.3 is 9.88 Å². The third kappa shape index (κ3) is 4.36. The number of rotatable bonds is 5. The maximum Gasteiger partial charge on any atom is 0.451 e. The Balaban J connectivity index is 1.75. The van der Waals surface area contributed by atoms with Crippen LogP contribution < -0.4 is 5.32 Å². The molecule has 1 amide bonds. The Morgan fingerprint density at radius 3 is 2.36 bits per heavy atom. The molecular weight excluding hydrogens is 389 g/mol. The second-order valence-corrected chi connectivity index (χ2v) is 7.33. The van der Waals surface area contributed by atoms with Crippen LogP contribution in [0.1, 0.15) is 12.7 Å². The van der Waals surface area contributed by atoms with Gasteiger partial charge >= 0.3 is 6.18 Å². The normalized spacial score (nSPS) is 12.6. The predicted octanol–water partition coefficient (Wildman–Crippen LogP) is 4.62. The lowest BCUT2D eigenvalue weighted by molar-refractivity contribution is -0.147. The van der Waals surface area contributed by atoms with Gasteiger partial charge in [-0.15, -0.1) is 10.2 Å². The zero-order valence-electron chi connectivity index (χ0n) is 15.1. The van der Waals surface area contributed by atoms with E-state index in [2.05, 4.69) is 15.5 Å². The fourth-order valence-electron chi connectivity index (χ4n) is 2.57. The molecule has 9 heteroatoms. The minimum atomic E-state index is -4.60. The number of amides is 1. The van der Waals surface area contributed by atoms with Crippen molar-refractivity contribution >= 4 is 23.4 Å². The Morgan fingerprint density at radius 2 is 1.71 bits per heavy atom. The van der Waals surface area contributed by atoms with Crippen LogP contribution in [0.25, 0.3) is 11.1 Å². The lowest BCUT2D eigenvalue weighted by Crippen LogP contribution is -2.23. The molecule has 1 aromatic heterocycles. The molecule has 1 N–H and O–H groups in total. The summed E-state index contributed by atoms with van der Waals surface area (Å²) in [5.74, 6) is -1.44. The fourth-order valence-corrected chi connectivity index (χ4v) is 3.39. The summed E-state index contributed by atoms with van der Waals surface area (Å²) < 4.78 is 39.4.